The van der Waals surface area contributed by atoms with Crippen molar-refractivity contribution in [3.63, 3.8) is 0 Å². The van der Waals surface area contributed by atoms with Gasteiger partial charge in [0.25, 0.3) is 16.0 Å². The minimum absolute atomic E-state index is 0.0338. The number of anilines is 1. The second-order valence-corrected chi connectivity index (χ2v) is 5.84. The second kappa shape index (κ2) is 4.75. The Labute approximate surface area is 114 Å². The van der Waals surface area contributed by atoms with Gasteiger partial charge in [-0.1, -0.05) is 29.3 Å². The van der Waals surface area contributed by atoms with Crippen LogP contribution in [-0.2, 0) is 17.1 Å². The maximum absolute atomic E-state index is 12.0. The molecule has 1 aromatic heterocycles. The average molecular weight is 307 g/mol. The lowest BCUT2D eigenvalue weighted by atomic mass is 10.4. The van der Waals surface area contributed by atoms with Crippen LogP contribution in [0.25, 0.3) is 0 Å². The average Bonchev–Trinajstić information content (AvgIpc) is 2.67. The number of halogens is 2. The molecule has 0 aliphatic carbocycles. The highest BCUT2D eigenvalue weighted by Gasteiger charge is 2.20. The molecule has 18 heavy (non-hydrogen) atoms. The van der Waals surface area contributed by atoms with E-state index >= 15 is 0 Å². The summed E-state index contributed by atoms with van der Waals surface area (Å²) in [6.07, 6.45) is 1.37. The zero-order valence-electron chi connectivity index (χ0n) is 9.13. The lowest BCUT2D eigenvalue weighted by molar-refractivity contribution is 0.600. The van der Waals surface area contributed by atoms with E-state index in [-0.39, 0.29) is 20.9 Å². The highest BCUT2D eigenvalue weighted by molar-refractivity contribution is 7.92. The van der Waals surface area contributed by atoms with Gasteiger partial charge in [0.2, 0.25) is 0 Å². The molecule has 0 atom stereocenters. The van der Waals surface area contributed by atoms with Gasteiger partial charge in [0.05, 0.1) is 10.0 Å². The van der Waals surface area contributed by atoms with Gasteiger partial charge in [0.1, 0.15) is 11.2 Å². The first-order valence-corrected chi connectivity index (χ1v) is 6.96. The number of nitrogens with one attached hydrogen (secondary N) is 1. The molecular weight excluding hydrogens is 299 g/mol. The molecule has 0 saturated carbocycles. The monoisotopic (exact) mass is 306 g/mol. The summed E-state index contributed by atoms with van der Waals surface area (Å²) in [7, 11) is -2.24. The molecule has 0 bridgehead atoms. The number of sulfonamides is 1. The molecule has 2 rings (SSSR count). The van der Waals surface area contributed by atoms with Crippen molar-refractivity contribution in [3.8, 4) is 0 Å². The van der Waals surface area contributed by atoms with Crippen molar-refractivity contribution in [2.75, 3.05) is 4.72 Å². The summed E-state index contributed by atoms with van der Waals surface area (Å²) in [6, 6.07) is 4.34. The van der Waals surface area contributed by atoms with Crippen LogP contribution in [0.15, 0.2) is 29.4 Å². The van der Waals surface area contributed by atoms with Gasteiger partial charge in [0, 0.05) is 7.05 Å². The van der Waals surface area contributed by atoms with E-state index in [4.69, 9.17) is 23.2 Å². The summed E-state index contributed by atoms with van der Waals surface area (Å²) in [5.74, 6) is -0.0338. The van der Waals surface area contributed by atoms with E-state index in [2.05, 4.69) is 14.8 Å². The molecular formula is C9H8Cl2N4O2S. The molecule has 0 fully saturated rings. The Kier molecular flexibility index (Phi) is 3.47. The van der Waals surface area contributed by atoms with E-state index in [1.807, 2.05) is 0 Å². The van der Waals surface area contributed by atoms with Crippen LogP contribution in [0, 0.1) is 0 Å². The Morgan fingerprint density at radius 1 is 1.33 bits per heavy atom. The first-order chi connectivity index (χ1) is 8.40. The second-order valence-electron chi connectivity index (χ2n) is 3.40. The van der Waals surface area contributed by atoms with Crippen molar-refractivity contribution in [3.05, 3.63) is 34.6 Å². The largest absolute Gasteiger partial charge is 0.265 e. The van der Waals surface area contributed by atoms with Crippen LogP contribution >= 0.6 is 23.2 Å². The van der Waals surface area contributed by atoms with Crippen molar-refractivity contribution >= 4 is 39.2 Å². The van der Waals surface area contributed by atoms with Gasteiger partial charge in [-0.25, -0.2) is 13.1 Å². The molecule has 1 heterocycles. The molecule has 2 aromatic rings. The highest BCUT2D eigenvalue weighted by atomic mass is 35.5. The zero-order chi connectivity index (χ0) is 13.3. The standard InChI is InChI=1S/C9H8Cl2N4O2S/c1-15-5-12-9(13-15)14-18(16,17)7-4-2-3-6(10)8(7)11/h2-5H,1H3,(H,13,14). The van der Waals surface area contributed by atoms with Gasteiger partial charge >= 0.3 is 0 Å². The summed E-state index contributed by atoms with van der Waals surface area (Å²) < 4.78 is 27.7. The maximum atomic E-state index is 12.0. The number of hydrogen-bond acceptors (Lipinski definition) is 4. The molecule has 0 radical (unpaired) electrons. The minimum atomic E-state index is -3.86. The zero-order valence-corrected chi connectivity index (χ0v) is 11.5. The molecule has 0 aliphatic heterocycles. The molecule has 0 amide bonds. The molecule has 1 aromatic carbocycles. The van der Waals surface area contributed by atoms with Gasteiger partial charge in [-0.2, -0.15) is 4.98 Å². The normalized spacial score (nSPS) is 11.5. The number of hydrogen-bond donors (Lipinski definition) is 1. The molecule has 9 heteroatoms. The Bertz CT molecular complexity index is 684. The van der Waals surface area contributed by atoms with Gasteiger partial charge < -0.3 is 0 Å². The van der Waals surface area contributed by atoms with Crippen LogP contribution in [0.4, 0.5) is 5.95 Å². The first kappa shape index (κ1) is 13.1. The van der Waals surface area contributed by atoms with Crippen molar-refractivity contribution in [2.24, 2.45) is 7.05 Å². The summed E-state index contributed by atoms with van der Waals surface area (Å²) in [4.78, 5) is 3.64. The van der Waals surface area contributed by atoms with Crippen molar-refractivity contribution in [1.29, 1.82) is 0 Å². The summed E-state index contributed by atoms with van der Waals surface area (Å²) in [5.41, 5.74) is 0. The fraction of sp³-hybridized carbons (Fsp3) is 0.111. The van der Waals surface area contributed by atoms with E-state index < -0.39 is 10.0 Å². The SMILES string of the molecule is Cn1cnc(NS(=O)(=O)c2cccc(Cl)c2Cl)n1. The fourth-order valence-electron chi connectivity index (χ4n) is 1.25. The van der Waals surface area contributed by atoms with Crippen LogP contribution in [0.3, 0.4) is 0 Å². The summed E-state index contributed by atoms with van der Waals surface area (Å²) in [5, 5.41) is 3.93. The molecule has 0 unspecified atom stereocenters. The quantitative estimate of drug-likeness (QED) is 0.940. The number of benzene rings is 1. The summed E-state index contributed by atoms with van der Waals surface area (Å²) >= 11 is 11.6. The number of aromatic nitrogens is 3. The topological polar surface area (TPSA) is 76.9 Å². The first-order valence-electron chi connectivity index (χ1n) is 4.72. The minimum Gasteiger partial charge on any atom is -0.254 e. The Balaban J connectivity index is 2.40. The molecule has 96 valence electrons. The van der Waals surface area contributed by atoms with Crippen molar-refractivity contribution in [1.82, 2.24) is 14.8 Å². The van der Waals surface area contributed by atoms with Gasteiger partial charge in [0.15, 0.2) is 0 Å². The molecule has 6 nitrogen and oxygen atoms in total. The van der Waals surface area contributed by atoms with Crippen LogP contribution in [0.2, 0.25) is 10.0 Å². The molecule has 0 aliphatic rings. The Morgan fingerprint density at radius 3 is 2.67 bits per heavy atom. The van der Waals surface area contributed by atoms with Gasteiger partial charge in [-0.15, -0.1) is 5.10 Å². The summed E-state index contributed by atoms with van der Waals surface area (Å²) in [6.45, 7) is 0. The van der Waals surface area contributed by atoms with E-state index in [9.17, 15) is 8.42 Å². The van der Waals surface area contributed by atoms with Gasteiger partial charge in [-0.3, -0.25) is 4.68 Å². The number of nitrogens with zero attached hydrogens (tertiary/aromatic N) is 3. The molecule has 0 spiro atoms. The van der Waals surface area contributed by atoms with E-state index in [0.717, 1.165) is 0 Å². The molecule has 1 N–H and O–H groups in total. The van der Waals surface area contributed by atoms with Crippen LogP contribution < -0.4 is 4.72 Å². The Hall–Kier alpha value is -1.31. The van der Waals surface area contributed by atoms with E-state index in [1.165, 1.54) is 29.2 Å². The van der Waals surface area contributed by atoms with E-state index in [0.29, 0.717) is 0 Å². The fourth-order valence-corrected chi connectivity index (χ4v) is 2.96. The van der Waals surface area contributed by atoms with Crippen LogP contribution in [0.5, 0.6) is 0 Å². The lowest BCUT2D eigenvalue weighted by Gasteiger charge is -2.07. The number of aryl methyl sites for hydroxylation is 1. The van der Waals surface area contributed by atoms with Crippen molar-refractivity contribution < 1.29 is 8.42 Å². The maximum Gasteiger partial charge on any atom is 0.265 e. The number of rotatable bonds is 3. The van der Waals surface area contributed by atoms with Crippen molar-refractivity contribution in [2.45, 2.75) is 4.90 Å². The highest BCUT2D eigenvalue weighted by Crippen LogP contribution is 2.29. The Morgan fingerprint density at radius 2 is 2.06 bits per heavy atom. The molecule has 0 saturated heterocycles. The lowest BCUT2D eigenvalue weighted by Crippen LogP contribution is -2.14. The van der Waals surface area contributed by atoms with Gasteiger partial charge in [-0.05, 0) is 12.1 Å². The predicted octanol–water partition coefficient (Wildman–Crippen LogP) is 1.92. The smallest absolute Gasteiger partial charge is 0.254 e. The van der Waals surface area contributed by atoms with E-state index in [1.54, 1.807) is 7.05 Å². The predicted molar refractivity (Wildman–Crippen MR) is 68.3 cm³/mol. The third kappa shape index (κ3) is 2.58. The third-order valence-corrected chi connectivity index (χ3v) is 4.33. The van der Waals surface area contributed by atoms with Crippen LogP contribution in [0.1, 0.15) is 0 Å². The van der Waals surface area contributed by atoms with Crippen LogP contribution in [-0.4, -0.2) is 23.2 Å². The third-order valence-electron chi connectivity index (χ3n) is 2.03.